The Morgan fingerprint density at radius 2 is 1.03 bits per heavy atom. The van der Waals surface area contributed by atoms with Crippen molar-refractivity contribution in [3.63, 3.8) is 0 Å². The first-order chi connectivity index (χ1) is 18.9. The van der Waals surface area contributed by atoms with Gasteiger partial charge in [0, 0.05) is 45.7 Å². The van der Waals surface area contributed by atoms with E-state index in [1.54, 1.807) is 0 Å². The van der Waals surface area contributed by atoms with Crippen LogP contribution in [0.5, 0.6) is 11.5 Å². The van der Waals surface area contributed by atoms with Crippen molar-refractivity contribution in [1.82, 2.24) is 9.97 Å². The van der Waals surface area contributed by atoms with Crippen molar-refractivity contribution < 1.29 is 23.7 Å². The quantitative estimate of drug-likeness (QED) is 0.327. The van der Waals surface area contributed by atoms with Crippen LogP contribution in [0.15, 0.2) is 79.1 Å². The number of benzene rings is 3. The van der Waals surface area contributed by atoms with E-state index in [2.05, 4.69) is 77.0 Å². The third-order valence-electron chi connectivity index (χ3n) is 6.89. The molecule has 0 saturated heterocycles. The van der Waals surface area contributed by atoms with Gasteiger partial charge < -0.3 is 33.7 Å². The van der Waals surface area contributed by atoms with Gasteiger partial charge in [-0.2, -0.15) is 0 Å². The maximum absolute atomic E-state index is 6.44. The summed E-state index contributed by atoms with van der Waals surface area (Å²) < 4.78 is 29.6. The van der Waals surface area contributed by atoms with Gasteiger partial charge >= 0.3 is 0 Å². The number of hydrogen-bond acceptors (Lipinski definition) is 5. The van der Waals surface area contributed by atoms with Crippen molar-refractivity contribution in [2.75, 3.05) is 52.9 Å². The van der Waals surface area contributed by atoms with Crippen LogP contribution in [-0.2, 0) is 14.2 Å². The van der Waals surface area contributed by atoms with Crippen molar-refractivity contribution in [1.29, 1.82) is 0 Å². The van der Waals surface area contributed by atoms with E-state index in [1.165, 1.54) is 21.9 Å². The average molecular weight is 513 g/mol. The van der Waals surface area contributed by atoms with E-state index in [0.717, 1.165) is 22.3 Å². The molecule has 7 nitrogen and oxygen atoms in total. The van der Waals surface area contributed by atoms with Gasteiger partial charge in [0.1, 0.15) is 13.2 Å². The predicted molar refractivity (Wildman–Crippen MR) is 147 cm³/mol. The summed E-state index contributed by atoms with van der Waals surface area (Å²) in [7, 11) is 0. The first-order valence-corrected chi connectivity index (χ1v) is 13.1. The second-order valence-electron chi connectivity index (χ2n) is 9.22. The molecule has 5 aromatic rings. The molecule has 7 heteroatoms. The monoisotopic (exact) mass is 512 g/mol. The van der Waals surface area contributed by atoms with Gasteiger partial charge in [-0.3, -0.25) is 0 Å². The fourth-order valence-corrected chi connectivity index (χ4v) is 5.15. The van der Waals surface area contributed by atoms with Crippen molar-refractivity contribution in [2.45, 2.75) is 5.92 Å². The van der Waals surface area contributed by atoms with Crippen molar-refractivity contribution >= 4 is 21.8 Å². The molecule has 0 radical (unpaired) electrons. The Kier molecular flexibility index (Phi) is 7.58. The van der Waals surface area contributed by atoms with Gasteiger partial charge in [0.25, 0.3) is 0 Å². The highest BCUT2D eigenvalue weighted by Gasteiger charge is 2.27. The summed E-state index contributed by atoms with van der Waals surface area (Å²) in [6.07, 6.45) is 4.22. The molecule has 0 unspecified atom stereocenters. The molecule has 2 aromatic heterocycles. The molecule has 196 valence electrons. The number of H-pyrrole nitrogens is 2. The number of para-hydroxylation sites is 3. The van der Waals surface area contributed by atoms with Crippen LogP contribution >= 0.6 is 0 Å². The number of hydrogen-bond donors (Lipinski definition) is 2. The molecule has 3 heterocycles. The van der Waals surface area contributed by atoms with Crippen LogP contribution in [0.2, 0.25) is 0 Å². The maximum atomic E-state index is 6.44. The van der Waals surface area contributed by atoms with E-state index in [9.17, 15) is 0 Å². The minimum absolute atomic E-state index is 0.103. The SMILES string of the molecule is c1cc2c(c(C(c3c[nH]c4ccccc34)c3c[nH]c4ccccc34)c1)OCCOCCOCCOCCO2. The van der Waals surface area contributed by atoms with Gasteiger partial charge in [0.15, 0.2) is 11.5 Å². The van der Waals surface area contributed by atoms with Crippen LogP contribution in [0.4, 0.5) is 0 Å². The largest absolute Gasteiger partial charge is 0.487 e. The lowest BCUT2D eigenvalue weighted by Crippen LogP contribution is -2.13. The van der Waals surface area contributed by atoms with Crippen molar-refractivity contribution in [3.8, 4) is 11.5 Å². The molecule has 0 spiro atoms. The predicted octanol–water partition coefficient (Wildman–Crippen LogP) is 5.65. The van der Waals surface area contributed by atoms with Gasteiger partial charge in [-0.05, 0) is 29.3 Å². The molecule has 0 aliphatic carbocycles. The molecule has 1 aliphatic rings. The molecular formula is C31H32N2O5. The lowest BCUT2D eigenvalue weighted by molar-refractivity contribution is 0.00706. The number of fused-ring (bicyclic) bond motifs is 3. The summed E-state index contributed by atoms with van der Waals surface area (Å²) in [6.45, 7) is 3.86. The van der Waals surface area contributed by atoms with Crippen LogP contribution in [0, 0.1) is 0 Å². The molecule has 3 aromatic carbocycles. The summed E-state index contributed by atoms with van der Waals surface area (Å²) in [6, 6.07) is 22.9. The summed E-state index contributed by atoms with van der Waals surface area (Å²) in [5.41, 5.74) is 5.58. The van der Waals surface area contributed by atoms with E-state index in [4.69, 9.17) is 23.7 Å². The summed E-state index contributed by atoms with van der Waals surface area (Å²) in [5.74, 6) is 1.32. The Bertz CT molecular complexity index is 1420. The molecule has 6 rings (SSSR count). The third-order valence-corrected chi connectivity index (χ3v) is 6.89. The Balaban J connectivity index is 1.47. The van der Waals surface area contributed by atoms with Gasteiger partial charge in [0.05, 0.1) is 39.6 Å². The number of aromatic nitrogens is 2. The second kappa shape index (κ2) is 11.7. The van der Waals surface area contributed by atoms with Crippen LogP contribution in [0.25, 0.3) is 21.8 Å². The first kappa shape index (κ1) is 24.6. The van der Waals surface area contributed by atoms with E-state index in [1.807, 2.05) is 12.1 Å². The molecule has 0 saturated carbocycles. The van der Waals surface area contributed by atoms with Gasteiger partial charge in [-0.15, -0.1) is 0 Å². The Morgan fingerprint density at radius 1 is 0.500 bits per heavy atom. The molecule has 0 atom stereocenters. The van der Waals surface area contributed by atoms with E-state index in [-0.39, 0.29) is 5.92 Å². The molecule has 38 heavy (non-hydrogen) atoms. The minimum Gasteiger partial charge on any atom is -0.487 e. The zero-order valence-corrected chi connectivity index (χ0v) is 21.3. The van der Waals surface area contributed by atoms with Crippen molar-refractivity contribution in [3.05, 3.63) is 95.8 Å². The van der Waals surface area contributed by atoms with Gasteiger partial charge in [0.2, 0.25) is 0 Å². The molecule has 1 aliphatic heterocycles. The molecule has 0 amide bonds. The Morgan fingerprint density at radius 3 is 1.63 bits per heavy atom. The highest BCUT2D eigenvalue weighted by Crippen LogP contribution is 2.45. The van der Waals surface area contributed by atoms with Crippen LogP contribution < -0.4 is 9.47 Å². The van der Waals surface area contributed by atoms with Crippen LogP contribution in [0.1, 0.15) is 22.6 Å². The Labute approximate surface area is 221 Å². The zero-order valence-electron chi connectivity index (χ0n) is 21.3. The molecule has 0 bridgehead atoms. The van der Waals surface area contributed by atoms with Crippen molar-refractivity contribution in [2.24, 2.45) is 0 Å². The number of rotatable bonds is 3. The lowest BCUT2D eigenvalue weighted by atomic mass is 9.84. The maximum Gasteiger partial charge on any atom is 0.165 e. The second-order valence-corrected chi connectivity index (χ2v) is 9.22. The molecule has 0 fully saturated rings. The fraction of sp³-hybridized carbons (Fsp3) is 0.290. The van der Waals surface area contributed by atoms with Gasteiger partial charge in [-0.1, -0.05) is 48.5 Å². The third kappa shape index (κ3) is 5.13. The summed E-state index contributed by atoms with van der Waals surface area (Å²) in [4.78, 5) is 6.94. The van der Waals surface area contributed by atoms with E-state index in [0.29, 0.717) is 58.6 Å². The number of nitrogens with one attached hydrogen (secondary N) is 2. The minimum atomic E-state index is -0.103. The smallest absolute Gasteiger partial charge is 0.165 e. The van der Waals surface area contributed by atoms with Gasteiger partial charge in [-0.25, -0.2) is 0 Å². The molecular weight excluding hydrogens is 480 g/mol. The highest BCUT2D eigenvalue weighted by molar-refractivity contribution is 5.89. The van der Waals surface area contributed by atoms with Crippen LogP contribution in [-0.4, -0.2) is 62.8 Å². The van der Waals surface area contributed by atoms with Crippen LogP contribution in [0.3, 0.4) is 0 Å². The highest BCUT2D eigenvalue weighted by atomic mass is 16.6. The first-order valence-electron chi connectivity index (χ1n) is 13.1. The normalized spacial score (nSPS) is 15.9. The zero-order chi connectivity index (χ0) is 25.6. The number of ether oxygens (including phenoxy) is 5. The topological polar surface area (TPSA) is 77.7 Å². The van der Waals surface area contributed by atoms with E-state index < -0.39 is 0 Å². The lowest BCUT2D eigenvalue weighted by Gasteiger charge is -2.23. The Hall–Kier alpha value is -3.78. The number of aromatic amines is 2. The fourth-order valence-electron chi connectivity index (χ4n) is 5.15. The molecule has 2 N–H and O–H groups in total. The van der Waals surface area contributed by atoms with E-state index >= 15 is 0 Å². The standard InChI is InChI=1S/C31H32N2O5/c1-3-9-27-22(6-1)25(20-32-27)30(26-21-33-28-10-4-2-7-23(26)28)24-8-5-11-29-31(24)38-19-17-36-15-13-34-12-14-35-16-18-37-29/h1-11,20-21,30,32-33H,12-19H2. The summed E-state index contributed by atoms with van der Waals surface area (Å²) in [5, 5.41) is 2.35. The summed E-state index contributed by atoms with van der Waals surface area (Å²) >= 11 is 0. The average Bonchev–Trinajstić information content (AvgIpc) is 3.57.